The van der Waals surface area contributed by atoms with Gasteiger partial charge >= 0.3 is 0 Å². The quantitative estimate of drug-likeness (QED) is 0.772. The summed E-state index contributed by atoms with van der Waals surface area (Å²) in [4.78, 5) is 17.3. The molecule has 0 aromatic rings. The molecule has 2 aliphatic heterocycles. The molecule has 2 unspecified atom stereocenters. The summed E-state index contributed by atoms with van der Waals surface area (Å²) in [5.41, 5.74) is -0.412. The van der Waals surface area contributed by atoms with E-state index in [-0.39, 0.29) is 5.91 Å². The Hall–Kier alpha value is -0.650. The molecule has 5 heteroatoms. The van der Waals surface area contributed by atoms with Gasteiger partial charge in [-0.25, -0.2) is 0 Å². The second-order valence-electron chi connectivity index (χ2n) is 6.90. The highest BCUT2D eigenvalue weighted by Crippen LogP contribution is 2.19. The van der Waals surface area contributed by atoms with Gasteiger partial charge in [0.1, 0.15) is 0 Å². The Bertz CT molecular complexity index is 339. The van der Waals surface area contributed by atoms with Gasteiger partial charge in [-0.2, -0.15) is 0 Å². The SMILES string of the molecule is CC1CN(C)CCC1NC(=O)C(C)(C)N1CCNCC1. The molecule has 2 fully saturated rings. The Kier molecular flexibility index (Phi) is 5.04. The maximum absolute atomic E-state index is 12.7. The van der Waals surface area contributed by atoms with Gasteiger partial charge in [-0.15, -0.1) is 0 Å². The Balaban J connectivity index is 1.92. The van der Waals surface area contributed by atoms with Gasteiger partial charge in [0.05, 0.1) is 5.54 Å². The summed E-state index contributed by atoms with van der Waals surface area (Å²) >= 11 is 0. The number of piperazine rings is 1. The van der Waals surface area contributed by atoms with Crippen LogP contribution in [-0.2, 0) is 4.79 Å². The summed E-state index contributed by atoms with van der Waals surface area (Å²) in [6.07, 6.45) is 1.06. The van der Waals surface area contributed by atoms with Crippen molar-refractivity contribution in [1.29, 1.82) is 0 Å². The molecule has 0 aromatic heterocycles. The van der Waals surface area contributed by atoms with Gasteiger partial charge in [0.15, 0.2) is 0 Å². The summed E-state index contributed by atoms with van der Waals surface area (Å²) in [6.45, 7) is 12.3. The third-order valence-electron chi connectivity index (χ3n) is 4.89. The van der Waals surface area contributed by atoms with Crippen LogP contribution >= 0.6 is 0 Å². The molecule has 0 bridgehead atoms. The first-order valence-electron chi connectivity index (χ1n) is 7.86. The van der Waals surface area contributed by atoms with E-state index >= 15 is 0 Å². The molecule has 1 amide bonds. The molecule has 5 nitrogen and oxygen atoms in total. The first kappa shape index (κ1) is 15.7. The fourth-order valence-electron chi connectivity index (χ4n) is 3.28. The monoisotopic (exact) mass is 282 g/mol. The van der Waals surface area contributed by atoms with Crippen LogP contribution < -0.4 is 10.6 Å². The number of hydrogen-bond donors (Lipinski definition) is 2. The van der Waals surface area contributed by atoms with Gasteiger partial charge in [-0.1, -0.05) is 6.92 Å². The summed E-state index contributed by atoms with van der Waals surface area (Å²) < 4.78 is 0. The fraction of sp³-hybridized carbons (Fsp3) is 0.933. The molecule has 2 rings (SSSR count). The van der Waals surface area contributed by atoms with Crippen LogP contribution in [0.5, 0.6) is 0 Å². The van der Waals surface area contributed by atoms with Crippen molar-refractivity contribution in [3.05, 3.63) is 0 Å². The molecule has 116 valence electrons. The van der Waals surface area contributed by atoms with Gasteiger partial charge < -0.3 is 15.5 Å². The smallest absolute Gasteiger partial charge is 0.240 e. The standard InChI is InChI=1S/C15H30N4O/c1-12-11-18(4)8-5-13(12)17-14(20)15(2,3)19-9-6-16-7-10-19/h12-13,16H,5-11H2,1-4H3,(H,17,20). The minimum atomic E-state index is -0.412. The van der Waals surface area contributed by atoms with Crippen molar-refractivity contribution in [3.63, 3.8) is 0 Å². The minimum Gasteiger partial charge on any atom is -0.351 e. The van der Waals surface area contributed by atoms with Gasteiger partial charge in [0.2, 0.25) is 5.91 Å². The average Bonchev–Trinajstić information content (AvgIpc) is 2.42. The van der Waals surface area contributed by atoms with E-state index in [0.29, 0.717) is 12.0 Å². The topological polar surface area (TPSA) is 47.6 Å². The normalized spacial score (nSPS) is 30.2. The highest BCUT2D eigenvalue weighted by atomic mass is 16.2. The number of nitrogens with zero attached hydrogens (tertiary/aromatic N) is 2. The molecule has 20 heavy (non-hydrogen) atoms. The lowest BCUT2D eigenvalue weighted by Crippen LogP contribution is -2.62. The van der Waals surface area contributed by atoms with Crippen LogP contribution in [0.15, 0.2) is 0 Å². The predicted octanol–water partition coefficient (Wildman–Crippen LogP) is 0.127. The number of carbonyl (C=O) groups excluding carboxylic acids is 1. The van der Waals surface area contributed by atoms with Gasteiger partial charge in [0, 0.05) is 38.8 Å². The Morgan fingerprint density at radius 2 is 1.90 bits per heavy atom. The van der Waals surface area contributed by atoms with Crippen molar-refractivity contribution in [3.8, 4) is 0 Å². The zero-order valence-electron chi connectivity index (χ0n) is 13.4. The van der Waals surface area contributed by atoms with Gasteiger partial charge in [-0.3, -0.25) is 9.69 Å². The Morgan fingerprint density at radius 3 is 2.50 bits per heavy atom. The molecule has 0 aliphatic carbocycles. The molecule has 0 saturated carbocycles. The third kappa shape index (κ3) is 3.51. The molecule has 0 aromatic carbocycles. The second kappa shape index (κ2) is 6.41. The van der Waals surface area contributed by atoms with Crippen LogP contribution in [-0.4, -0.2) is 73.6 Å². The molecular formula is C15H30N4O. The van der Waals surface area contributed by atoms with Crippen molar-refractivity contribution in [1.82, 2.24) is 20.4 Å². The number of carbonyl (C=O) groups is 1. The van der Waals surface area contributed by atoms with Crippen LogP contribution in [0.2, 0.25) is 0 Å². The van der Waals surface area contributed by atoms with E-state index in [2.05, 4.69) is 34.4 Å². The van der Waals surface area contributed by atoms with Crippen LogP contribution in [0.25, 0.3) is 0 Å². The summed E-state index contributed by atoms with van der Waals surface area (Å²) in [7, 11) is 2.15. The van der Waals surface area contributed by atoms with E-state index in [1.54, 1.807) is 0 Å². The first-order valence-corrected chi connectivity index (χ1v) is 7.86. The van der Waals surface area contributed by atoms with Crippen LogP contribution in [0, 0.1) is 5.92 Å². The fourth-order valence-corrected chi connectivity index (χ4v) is 3.28. The van der Waals surface area contributed by atoms with E-state index in [9.17, 15) is 4.79 Å². The number of nitrogens with one attached hydrogen (secondary N) is 2. The minimum absolute atomic E-state index is 0.181. The van der Waals surface area contributed by atoms with E-state index in [4.69, 9.17) is 0 Å². The second-order valence-corrected chi connectivity index (χ2v) is 6.90. The highest BCUT2D eigenvalue weighted by molar-refractivity contribution is 5.85. The first-order chi connectivity index (χ1) is 9.41. The highest BCUT2D eigenvalue weighted by Gasteiger charge is 2.37. The molecule has 2 aliphatic rings. The van der Waals surface area contributed by atoms with Crippen molar-refractivity contribution in [2.24, 2.45) is 5.92 Å². The van der Waals surface area contributed by atoms with Crippen molar-refractivity contribution in [2.45, 2.75) is 38.8 Å². The number of piperidine rings is 1. The summed E-state index contributed by atoms with van der Waals surface area (Å²) in [5.74, 6) is 0.706. The zero-order chi connectivity index (χ0) is 14.8. The molecule has 0 radical (unpaired) electrons. The Labute approximate surface area is 123 Å². The lowest BCUT2D eigenvalue weighted by atomic mass is 9.92. The van der Waals surface area contributed by atoms with Crippen molar-refractivity contribution >= 4 is 5.91 Å². The third-order valence-corrected chi connectivity index (χ3v) is 4.89. The van der Waals surface area contributed by atoms with E-state index in [1.807, 2.05) is 13.8 Å². The number of hydrogen-bond acceptors (Lipinski definition) is 4. The predicted molar refractivity (Wildman–Crippen MR) is 81.7 cm³/mol. The number of likely N-dealkylation sites (tertiary alicyclic amines) is 1. The van der Waals surface area contributed by atoms with Crippen molar-refractivity contribution in [2.75, 3.05) is 46.3 Å². The van der Waals surface area contributed by atoms with Crippen LogP contribution in [0.3, 0.4) is 0 Å². The molecular weight excluding hydrogens is 252 g/mol. The molecule has 0 spiro atoms. The van der Waals surface area contributed by atoms with Crippen LogP contribution in [0.1, 0.15) is 27.2 Å². The van der Waals surface area contributed by atoms with Gasteiger partial charge in [-0.05, 0) is 39.8 Å². The lowest BCUT2D eigenvalue weighted by molar-refractivity contribution is -0.133. The maximum atomic E-state index is 12.7. The average molecular weight is 282 g/mol. The van der Waals surface area contributed by atoms with E-state index in [1.165, 1.54) is 0 Å². The lowest BCUT2D eigenvalue weighted by Gasteiger charge is -2.42. The number of rotatable bonds is 3. The molecule has 2 heterocycles. The molecule has 2 N–H and O–H groups in total. The van der Waals surface area contributed by atoms with Crippen molar-refractivity contribution < 1.29 is 4.79 Å². The van der Waals surface area contributed by atoms with E-state index in [0.717, 1.165) is 45.7 Å². The van der Waals surface area contributed by atoms with Crippen LogP contribution in [0.4, 0.5) is 0 Å². The summed E-state index contributed by atoms with van der Waals surface area (Å²) in [5, 5.41) is 6.64. The van der Waals surface area contributed by atoms with Gasteiger partial charge in [0.25, 0.3) is 0 Å². The molecule has 2 saturated heterocycles. The number of amides is 1. The largest absolute Gasteiger partial charge is 0.351 e. The Morgan fingerprint density at radius 1 is 1.25 bits per heavy atom. The molecule has 2 atom stereocenters. The summed E-state index contributed by atoms with van der Waals surface area (Å²) in [6, 6.07) is 0.320. The maximum Gasteiger partial charge on any atom is 0.240 e. The van der Waals surface area contributed by atoms with E-state index < -0.39 is 5.54 Å². The zero-order valence-corrected chi connectivity index (χ0v) is 13.4.